The first-order chi connectivity index (χ1) is 7.86. The van der Waals surface area contributed by atoms with E-state index in [0.29, 0.717) is 0 Å². The molecule has 2 heterocycles. The molecule has 2 nitrogen and oxygen atoms in total. The lowest BCUT2D eigenvalue weighted by atomic mass is 10.1. The van der Waals surface area contributed by atoms with Crippen LogP contribution in [0.3, 0.4) is 0 Å². The summed E-state index contributed by atoms with van der Waals surface area (Å²) in [5, 5.41) is 3.21. The van der Waals surface area contributed by atoms with Gasteiger partial charge >= 0.3 is 0 Å². The molecule has 80 valence electrons. The van der Waals surface area contributed by atoms with E-state index in [1.54, 1.807) is 6.08 Å². The molecule has 1 aromatic carbocycles. The van der Waals surface area contributed by atoms with Gasteiger partial charge in [-0.3, -0.25) is 4.79 Å². The molecule has 0 fully saturated rings. The van der Waals surface area contributed by atoms with Gasteiger partial charge in [0.05, 0.1) is 5.03 Å². The maximum absolute atomic E-state index is 11.7. The van der Waals surface area contributed by atoms with Crippen molar-refractivity contribution in [3.05, 3.63) is 59.6 Å². The second-order valence-corrected chi connectivity index (χ2v) is 5.62. The molecule has 16 heavy (non-hydrogen) atoms. The molecule has 0 bridgehead atoms. The number of carbonyl (C=O) groups is 1. The van der Waals surface area contributed by atoms with E-state index < -0.39 is 10.9 Å². The first-order valence-electron chi connectivity index (χ1n) is 5.10. The van der Waals surface area contributed by atoms with E-state index >= 15 is 0 Å². The second-order valence-electron chi connectivity index (χ2n) is 3.62. The highest BCUT2D eigenvalue weighted by atomic mass is 32.2. The van der Waals surface area contributed by atoms with Gasteiger partial charge in [-0.2, -0.15) is 10.9 Å². The number of fused-ring (bicyclic) bond motifs is 1. The number of hydrogen-bond acceptors (Lipinski definition) is 1. The van der Waals surface area contributed by atoms with Gasteiger partial charge in [-0.05, 0) is 35.7 Å². The van der Waals surface area contributed by atoms with E-state index in [1.807, 2.05) is 41.9 Å². The maximum atomic E-state index is 11.7. The highest BCUT2D eigenvalue weighted by molar-refractivity contribution is 8.19. The zero-order valence-electron chi connectivity index (χ0n) is 8.55. The van der Waals surface area contributed by atoms with Gasteiger partial charge in [-0.15, -0.1) is 0 Å². The fourth-order valence-corrected chi connectivity index (χ4v) is 3.90. The lowest BCUT2D eigenvalue weighted by molar-refractivity contribution is 0.104. The molecule has 1 aliphatic heterocycles. The average molecular weight is 229 g/mol. The largest absolute Gasteiger partial charge is 0.357 e. The Morgan fingerprint density at radius 3 is 2.75 bits per heavy atom. The van der Waals surface area contributed by atoms with Crippen molar-refractivity contribution in [2.45, 2.75) is 9.92 Å². The van der Waals surface area contributed by atoms with Crippen LogP contribution >= 0.6 is 10.9 Å². The summed E-state index contributed by atoms with van der Waals surface area (Å²) >= 11 is 0. The fraction of sp³-hybridized carbons (Fsp3) is 0. The Morgan fingerprint density at radius 2 is 1.94 bits per heavy atom. The Bertz CT molecular complexity index is 557. The minimum atomic E-state index is -0.529. The summed E-state index contributed by atoms with van der Waals surface area (Å²) < 4.78 is 0. The number of aromatic nitrogens is 1. The van der Waals surface area contributed by atoms with Crippen LogP contribution in [-0.4, -0.2) is 10.8 Å². The number of rotatable bonds is 1. The van der Waals surface area contributed by atoms with E-state index in [-0.39, 0.29) is 5.78 Å². The zero-order chi connectivity index (χ0) is 11.0. The lowest BCUT2D eigenvalue weighted by Gasteiger charge is -2.22. The third-order valence-corrected chi connectivity index (χ3v) is 4.80. The van der Waals surface area contributed by atoms with Gasteiger partial charge in [0.1, 0.15) is 0 Å². The van der Waals surface area contributed by atoms with Crippen molar-refractivity contribution in [2.75, 3.05) is 0 Å². The molecule has 0 radical (unpaired) electrons. The van der Waals surface area contributed by atoms with Crippen LogP contribution in [-0.2, 0) is 0 Å². The molecule has 0 saturated carbocycles. The highest BCUT2D eigenvalue weighted by Gasteiger charge is 2.19. The Morgan fingerprint density at radius 1 is 1.06 bits per heavy atom. The minimum absolute atomic E-state index is 0.112. The molecule has 2 aromatic rings. The number of nitrogens with one attached hydrogen (secondary N) is 1. The van der Waals surface area contributed by atoms with E-state index in [1.165, 1.54) is 5.03 Å². The topological polar surface area (TPSA) is 32.9 Å². The smallest absolute Gasteiger partial charge is 0.187 e. The molecule has 0 spiro atoms. The van der Waals surface area contributed by atoms with E-state index in [4.69, 9.17) is 0 Å². The van der Waals surface area contributed by atoms with Crippen molar-refractivity contribution in [1.82, 2.24) is 4.98 Å². The number of hydrogen-bond donors (Lipinski definition) is 2. The number of ketones is 1. The quantitative estimate of drug-likeness (QED) is 0.723. The van der Waals surface area contributed by atoms with Crippen molar-refractivity contribution in [2.24, 2.45) is 0 Å². The van der Waals surface area contributed by atoms with Gasteiger partial charge in [0.25, 0.3) is 0 Å². The average Bonchev–Trinajstić information content (AvgIpc) is 2.83. The fourth-order valence-electron chi connectivity index (χ4n) is 1.89. The van der Waals surface area contributed by atoms with Crippen molar-refractivity contribution in [3.63, 3.8) is 0 Å². The number of benzene rings is 1. The van der Waals surface area contributed by atoms with Gasteiger partial charge in [-0.25, -0.2) is 0 Å². The van der Waals surface area contributed by atoms with Crippen molar-refractivity contribution >= 4 is 16.7 Å². The van der Waals surface area contributed by atoms with Crippen LogP contribution in [0.2, 0.25) is 0 Å². The molecule has 3 heteroatoms. The molecule has 1 unspecified atom stereocenters. The number of carbonyl (C=O) groups excluding carboxylic acids is 1. The molecule has 0 aliphatic carbocycles. The SMILES string of the molecule is O=C1C=C[SH](c2ccc[nH]2)c2ccccc21. The van der Waals surface area contributed by atoms with Crippen molar-refractivity contribution in [3.8, 4) is 0 Å². The predicted molar refractivity (Wildman–Crippen MR) is 66.2 cm³/mol. The van der Waals surface area contributed by atoms with Gasteiger partial charge < -0.3 is 4.98 Å². The van der Waals surface area contributed by atoms with Crippen LogP contribution in [0.5, 0.6) is 0 Å². The van der Waals surface area contributed by atoms with E-state index in [9.17, 15) is 4.79 Å². The summed E-state index contributed by atoms with van der Waals surface area (Å²) in [5.41, 5.74) is 0.839. The highest BCUT2D eigenvalue weighted by Crippen LogP contribution is 2.48. The maximum Gasteiger partial charge on any atom is 0.187 e. The summed E-state index contributed by atoms with van der Waals surface area (Å²) in [6.07, 6.45) is 3.61. The molecule has 1 N–H and O–H groups in total. The standard InChI is InChI=1S/C13H11NOS/c15-11-7-9-16(13-6-3-8-14-13)12-5-2-1-4-10(11)12/h1-9,14,16H. The second kappa shape index (κ2) is 3.68. The lowest BCUT2D eigenvalue weighted by Crippen LogP contribution is -2.03. The zero-order valence-corrected chi connectivity index (χ0v) is 9.45. The first kappa shape index (κ1) is 9.48. The van der Waals surface area contributed by atoms with Crippen LogP contribution < -0.4 is 0 Å². The monoisotopic (exact) mass is 229 g/mol. The minimum Gasteiger partial charge on any atom is -0.357 e. The summed E-state index contributed by atoms with van der Waals surface area (Å²) in [6, 6.07) is 11.9. The summed E-state index contributed by atoms with van der Waals surface area (Å²) in [7, 11) is -0.529. The Kier molecular flexibility index (Phi) is 2.18. The van der Waals surface area contributed by atoms with Crippen molar-refractivity contribution < 1.29 is 4.79 Å². The van der Waals surface area contributed by atoms with Crippen molar-refractivity contribution in [1.29, 1.82) is 0 Å². The molecule has 1 aromatic heterocycles. The Hall–Kier alpha value is -1.74. The molecule has 1 aliphatic rings. The number of allylic oxidation sites excluding steroid dienone is 1. The van der Waals surface area contributed by atoms with Gasteiger partial charge in [0, 0.05) is 16.7 Å². The third kappa shape index (κ3) is 1.41. The third-order valence-electron chi connectivity index (χ3n) is 2.65. The molecule has 0 amide bonds. The molecule has 3 rings (SSSR count). The number of H-pyrrole nitrogens is 1. The Labute approximate surface area is 96.3 Å². The molecule has 1 atom stereocenters. The summed E-state index contributed by atoms with van der Waals surface area (Å²) in [4.78, 5) is 16.1. The molecular weight excluding hydrogens is 218 g/mol. The predicted octanol–water partition coefficient (Wildman–Crippen LogP) is 3.14. The van der Waals surface area contributed by atoms with E-state index in [0.717, 1.165) is 10.5 Å². The summed E-state index contributed by atoms with van der Waals surface area (Å²) in [6.45, 7) is 0. The number of thiol groups is 1. The van der Waals surface area contributed by atoms with Crippen LogP contribution in [0.25, 0.3) is 0 Å². The van der Waals surface area contributed by atoms with Gasteiger partial charge in [-0.1, -0.05) is 12.1 Å². The van der Waals surface area contributed by atoms with Crippen LogP contribution in [0, 0.1) is 0 Å². The first-order valence-corrected chi connectivity index (χ1v) is 6.51. The van der Waals surface area contributed by atoms with Gasteiger partial charge in [0.2, 0.25) is 0 Å². The van der Waals surface area contributed by atoms with Gasteiger partial charge in [0.15, 0.2) is 5.78 Å². The van der Waals surface area contributed by atoms with Crippen LogP contribution in [0.1, 0.15) is 10.4 Å². The van der Waals surface area contributed by atoms with Crippen LogP contribution in [0.15, 0.2) is 64.0 Å². The number of aromatic amines is 1. The van der Waals surface area contributed by atoms with Crippen LogP contribution in [0.4, 0.5) is 0 Å². The summed E-state index contributed by atoms with van der Waals surface area (Å²) in [5.74, 6) is 0.112. The molecular formula is C13H11NOS. The Balaban J connectivity index is 2.16. The normalized spacial score (nSPS) is 20.8. The van der Waals surface area contributed by atoms with E-state index in [2.05, 4.69) is 11.1 Å². The molecule has 0 saturated heterocycles.